The molecule has 0 aromatic heterocycles. The normalized spacial score (nSPS) is 10.1. The second kappa shape index (κ2) is 5.97. The van der Waals surface area contributed by atoms with Gasteiger partial charge in [-0.15, -0.1) is 0 Å². The van der Waals surface area contributed by atoms with Crippen molar-refractivity contribution in [3.05, 3.63) is 53.6 Å². The van der Waals surface area contributed by atoms with Crippen molar-refractivity contribution in [1.29, 1.82) is 0 Å². The maximum Gasteiger partial charge on any atom is 0.248 e. The van der Waals surface area contributed by atoms with E-state index in [0.717, 1.165) is 5.56 Å². The maximum absolute atomic E-state index is 11.0. The van der Waals surface area contributed by atoms with Gasteiger partial charge in [-0.3, -0.25) is 4.79 Å². The molecule has 0 saturated heterocycles. The zero-order chi connectivity index (χ0) is 14.5. The molecule has 0 aliphatic heterocycles. The largest absolute Gasteiger partial charge is 0.493 e. The van der Waals surface area contributed by atoms with Gasteiger partial charge < -0.3 is 20.9 Å². The number of primary amides is 1. The Kier molecular flexibility index (Phi) is 4.10. The third kappa shape index (κ3) is 3.00. The van der Waals surface area contributed by atoms with E-state index in [-0.39, 0.29) is 6.61 Å². The molecule has 0 fully saturated rings. The Balaban J connectivity index is 2.13. The van der Waals surface area contributed by atoms with Crippen LogP contribution in [0, 0.1) is 0 Å². The van der Waals surface area contributed by atoms with E-state index < -0.39 is 5.91 Å². The molecule has 0 radical (unpaired) electrons. The summed E-state index contributed by atoms with van der Waals surface area (Å²) in [5, 5.41) is 0. The lowest BCUT2D eigenvalue weighted by atomic mass is 10.1. The smallest absolute Gasteiger partial charge is 0.248 e. The first-order valence-corrected chi connectivity index (χ1v) is 6.06. The predicted octanol–water partition coefficient (Wildman–Crippen LogP) is 1.96. The summed E-state index contributed by atoms with van der Waals surface area (Å²) in [4.78, 5) is 11.0. The first-order chi connectivity index (χ1) is 9.61. The van der Waals surface area contributed by atoms with Crippen molar-refractivity contribution in [2.24, 2.45) is 5.73 Å². The van der Waals surface area contributed by atoms with Crippen molar-refractivity contribution in [1.82, 2.24) is 0 Å². The van der Waals surface area contributed by atoms with Crippen molar-refractivity contribution in [3.8, 4) is 11.5 Å². The van der Waals surface area contributed by atoms with Gasteiger partial charge in [-0.2, -0.15) is 0 Å². The topological polar surface area (TPSA) is 87.6 Å². The summed E-state index contributed by atoms with van der Waals surface area (Å²) >= 11 is 0. The number of hydrogen-bond acceptors (Lipinski definition) is 4. The Morgan fingerprint density at radius 2 is 1.85 bits per heavy atom. The molecule has 20 heavy (non-hydrogen) atoms. The summed E-state index contributed by atoms with van der Waals surface area (Å²) in [6.45, 7) is 0.283. The lowest BCUT2D eigenvalue weighted by Crippen LogP contribution is -2.12. The van der Waals surface area contributed by atoms with E-state index >= 15 is 0 Å². The van der Waals surface area contributed by atoms with Crippen molar-refractivity contribution in [2.75, 3.05) is 12.8 Å². The van der Waals surface area contributed by atoms with E-state index in [9.17, 15) is 4.79 Å². The monoisotopic (exact) mass is 272 g/mol. The molecule has 0 unspecified atom stereocenters. The Bertz CT molecular complexity index is 626. The van der Waals surface area contributed by atoms with Gasteiger partial charge in [0.2, 0.25) is 5.91 Å². The third-order valence-corrected chi connectivity index (χ3v) is 2.88. The van der Waals surface area contributed by atoms with Crippen LogP contribution in [-0.4, -0.2) is 13.0 Å². The molecule has 0 spiro atoms. The van der Waals surface area contributed by atoms with Crippen molar-refractivity contribution in [3.63, 3.8) is 0 Å². The minimum Gasteiger partial charge on any atom is -0.493 e. The number of anilines is 1. The molecule has 5 nitrogen and oxygen atoms in total. The molecule has 1 amide bonds. The van der Waals surface area contributed by atoms with Crippen LogP contribution in [0.2, 0.25) is 0 Å². The molecule has 2 aromatic carbocycles. The van der Waals surface area contributed by atoms with Crippen LogP contribution in [0.5, 0.6) is 11.5 Å². The minimum atomic E-state index is -0.506. The Hall–Kier alpha value is -2.69. The summed E-state index contributed by atoms with van der Waals surface area (Å²) < 4.78 is 10.9. The number of ether oxygens (including phenoxy) is 2. The second-order valence-electron chi connectivity index (χ2n) is 4.22. The molecule has 0 aliphatic rings. The number of rotatable bonds is 5. The summed E-state index contributed by atoms with van der Waals surface area (Å²) in [6.07, 6.45) is 0. The van der Waals surface area contributed by atoms with Gasteiger partial charge in [0.1, 0.15) is 6.61 Å². The summed E-state index contributed by atoms with van der Waals surface area (Å²) in [5.41, 5.74) is 12.7. The molecule has 0 heterocycles. The number of amides is 1. The molecule has 5 heteroatoms. The number of benzene rings is 2. The van der Waals surface area contributed by atoms with Crippen LogP contribution in [0.25, 0.3) is 0 Å². The fourth-order valence-corrected chi connectivity index (χ4v) is 1.77. The van der Waals surface area contributed by atoms with Crippen molar-refractivity contribution < 1.29 is 14.3 Å². The Morgan fingerprint density at radius 3 is 2.45 bits per heavy atom. The van der Waals surface area contributed by atoms with Gasteiger partial charge in [-0.1, -0.05) is 18.2 Å². The zero-order valence-corrected chi connectivity index (χ0v) is 11.1. The zero-order valence-electron chi connectivity index (χ0n) is 11.1. The molecule has 104 valence electrons. The fraction of sp³-hybridized carbons (Fsp3) is 0.133. The lowest BCUT2D eigenvalue weighted by Gasteiger charge is -2.12. The fourth-order valence-electron chi connectivity index (χ4n) is 1.77. The molecular formula is C15H16N2O3. The number of nitrogens with two attached hydrogens (primary N) is 2. The SMILES string of the molecule is COc1ccccc1OCc1ccc(C(N)=O)cc1N. The highest BCUT2D eigenvalue weighted by Crippen LogP contribution is 2.27. The molecule has 0 bridgehead atoms. The molecule has 0 aliphatic carbocycles. The van der Waals surface area contributed by atoms with Crippen LogP contribution in [0.4, 0.5) is 5.69 Å². The van der Waals surface area contributed by atoms with E-state index in [1.165, 1.54) is 0 Å². The van der Waals surface area contributed by atoms with Gasteiger partial charge in [0.05, 0.1) is 7.11 Å². The molecule has 0 saturated carbocycles. The van der Waals surface area contributed by atoms with Crippen LogP contribution in [-0.2, 0) is 6.61 Å². The van der Waals surface area contributed by atoms with E-state index in [0.29, 0.717) is 22.7 Å². The highest BCUT2D eigenvalue weighted by Gasteiger charge is 2.07. The van der Waals surface area contributed by atoms with Gasteiger partial charge in [0.25, 0.3) is 0 Å². The predicted molar refractivity (Wildman–Crippen MR) is 76.7 cm³/mol. The van der Waals surface area contributed by atoms with E-state index in [2.05, 4.69) is 0 Å². The number of carbonyl (C=O) groups is 1. The quantitative estimate of drug-likeness (QED) is 0.814. The Morgan fingerprint density at radius 1 is 1.15 bits per heavy atom. The Labute approximate surface area is 117 Å². The van der Waals surface area contributed by atoms with Crippen LogP contribution >= 0.6 is 0 Å². The van der Waals surface area contributed by atoms with Crippen LogP contribution in [0.3, 0.4) is 0 Å². The molecule has 2 aromatic rings. The minimum absolute atomic E-state index is 0.283. The standard InChI is InChI=1S/C15H16N2O3/c1-19-13-4-2-3-5-14(13)20-9-11-7-6-10(15(17)18)8-12(11)16/h2-8H,9,16H2,1H3,(H2,17,18). The summed E-state index contributed by atoms with van der Waals surface area (Å²) in [7, 11) is 1.58. The molecular weight excluding hydrogens is 256 g/mol. The highest BCUT2D eigenvalue weighted by atomic mass is 16.5. The molecule has 0 atom stereocenters. The number of methoxy groups -OCH3 is 1. The van der Waals surface area contributed by atoms with Gasteiger partial charge in [-0.25, -0.2) is 0 Å². The van der Waals surface area contributed by atoms with Crippen molar-refractivity contribution in [2.45, 2.75) is 6.61 Å². The maximum atomic E-state index is 11.0. The van der Waals surface area contributed by atoms with E-state index in [1.54, 1.807) is 25.3 Å². The van der Waals surface area contributed by atoms with E-state index in [1.807, 2.05) is 24.3 Å². The number of hydrogen-bond donors (Lipinski definition) is 2. The highest BCUT2D eigenvalue weighted by molar-refractivity contribution is 5.93. The molecule has 2 rings (SSSR count). The lowest BCUT2D eigenvalue weighted by molar-refractivity contribution is 0.100. The van der Waals surface area contributed by atoms with Gasteiger partial charge in [-0.05, 0) is 24.3 Å². The first kappa shape index (κ1) is 13.7. The second-order valence-corrected chi connectivity index (χ2v) is 4.22. The average molecular weight is 272 g/mol. The first-order valence-electron chi connectivity index (χ1n) is 6.06. The molecule has 4 N–H and O–H groups in total. The van der Waals surface area contributed by atoms with Gasteiger partial charge in [0, 0.05) is 16.8 Å². The van der Waals surface area contributed by atoms with Crippen LogP contribution in [0.15, 0.2) is 42.5 Å². The average Bonchev–Trinajstić information content (AvgIpc) is 2.46. The van der Waals surface area contributed by atoms with Gasteiger partial charge in [0.15, 0.2) is 11.5 Å². The number of para-hydroxylation sites is 2. The third-order valence-electron chi connectivity index (χ3n) is 2.88. The van der Waals surface area contributed by atoms with Crippen LogP contribution < -0.4 is 20.9 Å². The number of nitrogen functional groups attached to an aromatic ring is 1. The van der Waals surface area contributed by atoms with Gasteiger partial charge >= 0.3 is 0 Å². The number of carbonyl (C=O) groups excluding carboxylic acids is 1. The van der Waals surface area contributed by atoms with E-state index in [4.69, 9.17) is 20.9 Å². The van der Waals surface area contributed by atoms with Crippen LogP contribution in [0.1, 0.15) is 15.9 Å². The summed E-state index contributed by atoms with van der Waals surface area (Å²) in [5.74, 6) is 0.780. The van der Waals surface area contributed by atoms with Crippen molar-refractivity contribution >= 4 is 11.6 Å². The summed E-state index contributed by atoms with van der Waals surface area (Å²) in [6, 6.07) is 12.2.